The molecule has 10 atom stereocenters. The van der Waals surface area contributed by atoms with Crippen molar-refractivity contribution in [3.8, 4) is 0 Å². The maximum atomic E-state index is 14.6. The van der Waals surface area contributed by atoms with Gasteiger partial charge in [0.1, 0.15) is 53.9 Å². The first kappa shape index (κ1) is 67.1. The van der Waals surface area contributed by atoms with E-state index in [1.54, 1.807) is 44.2 Å². The predicted molar refractivity (Wildman–Crippen MR) is 309 cm³/mol. The van der Waals surface area contributed by atoms with E-state index in [-0.39, 0.29) is 82.4 Å². The van der Waals surface area contributed by atoms with Crippen LogP contribution in [0.2, 0.25) is 0 Å². The van der Waals surface area contributed by atoms with Crippen LogP contribution in [-0.4, -0.2) is 193 Å². The van der Waals surface area contributed by atoms with E-state index in [1.165, 1.54) is 34.1 Å². The second-order valence-corrected chi connectivity index (χ2v) is 23.1. The highest BCUT2D eigenvalue weighted by Crippen LogP contribution is 2.26. The number of amides is 9. The number of aliphatic hydroxyl groups is 1. The number of aliphatic carboxylic acids is 1. The van der Waals surface area contributed by atoms with Crippen molar-refractivity contribution in [3.05, 3.63) is 54.1 Å². The van der Waals surface area contributed by atoms with Gasteiger partial charge in [-0.1, -0.05) is 77.8 Å². The minimum Gasteiger partial charge on any atom is -0.480 e. The number of carboxylic acids is 1. The summed E-state index contributed by atoms with van der Waals surface area (Å²) < 4.78 is 0. The number of benzene rings is 1. The summed E-state index contributed by atoms with van der Waals surface area (Å²) in [6.45, 7) is 10.2. The Morgan fingerprint density at radius 1 is 0.714 bits per heavy atom. The number of H-pyrrole nitrogens is 1. The van der Waals surface area contributed by atoms with E-state index in [4.69, 9.17) is 17.2 Å². The number of hydrogen-bond donors (Lipinski definition) is 12. The number of aromatic nitrogens is 2. The largest absolute Gasteiger partial charge is 0.480 e. The molecule has 0 unspecified atom stereocenters. The SMILES string of the molecule is CCCC[C@H](N)C(=O)N1CCC[C@H]1C(=O)N[C@@](C)(CC(C)C)C(=O)N[C@@H](Cc1cnc[nH]1)C(=O)N[C@@H](CO)C(=O)N[C@@H](CCCN=C(N)N)C(=O)N[C@H](C(=O)N1CCC[C@H]1C(=O)N[C@@H](Cc1ccccc1)C(=O)N1CCC[C@H]1C(=O)O)C(C)C. The Bertz CT molecular complexity index is 2620. The van der Waals surface area contributed by atoms with Crippen molar-refractivity contribution < 1.29 is 58.2 Å². The zero-order valence-electron chi connectivity index (χ0n) is 49.3. The van der Waals surface area contributed by atoms with Crippen molar-refractivity contribution in [2.24, 2.45) is 34.0 Å². The smallest absolute Gasteiger partial charge is 0.326 e. The van der Waals surface area contributed by atoms with Crippen molar-refractivity contribution >= 4 is 65.1 Å². The third-order valence-corrected chi connectivity index (χ3v) is 15.5. The fourth-order valence-corrected chi connectivity index (χ4v) is 11.1. The molecule has 0 spiro atoms. The fraction of sp³-hybridized carbons (Fsp3) is 0.649. The molecular formula is C57H89N15O12. The molecule has 9 amide bonds. The number of imidazole rings is 1. The first-order valence-electron chi connectivity index (χ1n) is 29.3. The van der Waals surface area contributed by atoms with E-state index in [0.29, 0.717) is 49.9 Å². The van der Waals surface area contributed by atoms with Gasteiger partial charge in [0.05, 0.1) is 19.0 Å². The van der Waals surface area contributed by atoms with Gasteiger partial charge in [0.25, 0.3) is 0 Å². The van der Waals surface area contributed by atoms with E-state index < -0.39 is 126 Å². The number of hydrogen-bond acceptors (Lipinski definition) is 14. The number of likely N-dealkylation sites (tertiary alicyclic amines) is 3. The molecule has 0 saturated carbocycles. The van der Waals surface area contributed by atoms with Crippen LogP contribution in [0.15, 0.2) is 47.8 Å². The lowest BCUT2D eigenvalue weighted by Gasteiger charge is -2.35. The molecule has 1 aromatic heterocycles. The highest BCUT2D eigenvalue weighted by Gasteiger charge is 2.45. The van der Waals surface area contributed by atoms with Crippen molar-refractivity contribution in [2.45, 2.75) is 191 Å². The number of nitrogens with two attached hydrogens (primary N) is 3. The third-order valence-electron chi connectivity index (χ3n) is 15.5. The van der Waals surface area contributed by atoms with Crippen molar-refractivity contribution in [3.63, 3.8) is 0 Å². The number of aromatic amines is 1. The van der Waals surface area contributed by atoms with Gasteiger partial charge in [0.2, 0.25) is 53.2 Å². The summed E-state index contributed by atoms with van der Waals surface area (Å²) in [5.74, 6) is -8.40. The van der Waals surface area contributed by atoms with Crippen LogP contribution >= 0.6 is 0 Å². The maximum absolute atomic E-state index is 14.6. The van der Waals surface area contributed by atoms with Crippen molar-refractivity contribution in [1.29, 1.82) is 0 Å². The summed E-state index contributed by atoms with van der Waals surface area (Å²) in [5.41, 5.74) is 16.8. The summed E-state index contributed by atoms with van der Waals surface area (Å²) in [5, 5.41) is 36.8. The summed E-state index contributed by atoms with van der Waals surface area (Å²) in [6.07, 6.45) is 7.07. The Balaban J connectivity index is 1.32. The first-order valence-corrected chi connectivity index (χ1v) is 29.3. The third kappa shape index (κ3) is 18.7. The molecule has 0 aliphatic carbocycles. The van der Waals surface area contributed by atoms with E-state index in [2.05, 4.69) is 46.9 Å². The predicted octanol–water partition coefficient (Wildman–Crippen LogP) is -1.18. The highest BCUT2D eigenvalue weighted by atomic mass is 16.4. The minimum absolute atomic E-state index is 0.0250. The van der Waals surface area contributed by atoms with Crippen LogP contribution in [0.25, 0.3) is 0 Å². The Labute approximate surface area is 490 Å². The quantitative estimate of drug-likeness (QED) is 0.0240. The van der Waals surface area contributed by atoms with Crippen LogP contribution in [0.3, 0.4) is 0 Å². The van der Waals surface area contributed by atoms with Crippen LogP contribution in [0.4, 0.5) is 0 Å². The number of carbonyl (C=O) groups is 10. The fourth-order valence-electron chi connectivity index (χ4n) is 11.1. The molecule has 464 valence electrons. The van der Waals surface area contributed by atoms with Gasteiger partial charge in [-0.15, -0.1) is 0 Å². The van der Waals surface area contributed by atoms with Gasteiger partial charge in [0.15, 0.2) is 5.96 Å². The van der Waals surface area contributed by atoms with Gasteiger partial charge in [0, 0.05) is 50.9 Å². The van der Waals surface area contributed by atoms with E-state index in [9.17, 15) is 58.2 Å². The number of unbranched alkanes of at least 4 members (excludes halogenated alkanes) is 1. The lowest BCUT2D eigenvalue weighted by atomic mass is 9.88. The van der Waals surface area contributed by atoms with Gasteiger partial charge >= 0.3 is 5.97 Å². The number of carboxylic acid groups (broad SMARTS) is 1. The standard InChI is InChI=1S/C57H89N15O12/c1-7-8-18-37(58)51(79)70-24-14-21-43(70)50(78)69-57(6,29-33(2)3)55(84)67-39(28-36-30-61-32-63-36)47(75)66-41(31-73)48(76)64-38(19-12-23-62-56(59)60)46(74)68-45(34(4)5)53(81)71-25-13-20-42(71)49(77)65-40(27-35-16-10-9-11-17-35)52(80)72-26-15-22-44(72)54(82)83/h9-11,16-17,30,32-34,37-45,73H,7-8,12-15,18-29,31,58H2,1-6H3,(H,61,63)(H,64,76)(H,65,77)(H,66,75)(H,67,84)(H,68,74)(H,69,78)(H,82,83)(H4,59,60,62)/t37-,38-,39-,40-,41-,42-,43-,44-,45-,57-/m0/s1. The molecule has 4 heterocycles. The number of aliphatic hydroxyl groups excluding tert-OH is 1. The van der Waals surface area contributed by atoms with Crippen molar-refractivity contribution in [2.75, 3.05) is 32.8 Å². The second kappa shape index (κ2) is 31.8. The number of rotatable bonds is 31. The topological polar surface area (TPSA) is 412 Å². The van der Waals surface area contributed by atoms with E-state index in [1.807, 2.05) is 20.8 Å². The van der Waals surface area contributed by atoms with Gasteiger partial charge < -0.3 is 79.0 Å². The lowest BCUT2D eigenvalue weighted by molar-refractivity contribution is -0.150. The summed E-state index contributed by atoms with van der Waals surface area (Å²) in [7, 11) is 0. The molecule has 2 aromatic rings. The van der Waals surface area contributed by atoms with Crippen LogP contribution in [-0.2, 0) is 60.8 Å². The van der Waals surface area contributed by atoms with E-state index in [0.717, 1.165) is 12.8 Å². The monoisotopic (exact) mass is 1180 g/mol. The summed E-state index contributed by atoms with van der Waals surface area (Å²) in [6, 6.07) is -1.88. The first-order chi connectivity index (χ1) is 39.9. The lowest BCUT2D eigenvalue weighted by Crippen LogP contribution is -2.64. The molecule has 27 heteroatoms. The molecule has 5 rings (SSSR count). The average Bonchev–Trinajstić information content (AvgIpc) is 3.37. The molecular weight excluding hydrogens is 1090 g/mol. The number of carbonyl (C=O) groups excluding carboxylic acids is 9. The molecule has 84 heavy (non-hydrogen) atoms. The Morgan fingerprint density at radius 3 is 1.87 bits per heavy atom. The number of aliphatic imine (C=N–C) groups is 1. The van der Waals surface area contributed by atoms with Crippen LogP contribution < -0.4 is 49.1 Å². The molecule has 3 aliphatic rings. The summed E-state index contributed by atoms with van der Waals surface area (Å²) in [4.78, 5) is 155. The van der Waals surface area contributed by atoms with Gasteiger partial charge in [-0.25, -0.2) is 9.78 Å². The molecule has 27 nitrogen and oxygen atoms in total. The Kier molecular flexibility index (Phi) is 25.4. The number of nitrogens with one attached hydrogen (secondary N) is 7. The molecule has 15 N–H and O–H groups in total. The highest BCUT2D eigenvalue weighted by molar-refractivity contribution is 6.00. The van der Waals surface area contributed by atoms with Gasteiger partial charge in [-0.3, -0.25) is 48.1 Å². The molecule has 1 aromatic carbocycles. The minimum atomic E-state index is -1.72. The summed E-state index contributed by atoms with van der Waals surface area (Å²) >= 11 is 0. The normalized spacial score (nSPS) is 19.7. The molecule has 3 aliphatic heterocycles. The second-order valence-electron chi connectivity index (χ2n) is 23.1. The van der Waals surface area contributed by atoms with Gasteiger partial charge in [-0.2, -0.15) is 0 Å². The van der Waals surface area contributed by atoms with Crippen LogP contribution in [0.1, 0.15) is 130 Å². The Hall–Kier alpha value is -7.68. The molecule has 3 saturated heterocycles. The zero-order valence-corrected chi connectivity index (χ0v) is 49.3. The van der Waals surface area contributed by atoms with E-state index >= 15 is 0 Å². The molecule has 0 bridgehead atoms. The molecule has 3 fully saturated rings. The van der Waals surface area contributed by atoms with Gasteiger partial charge in [-0.05, 0) is 88.5 Å². The average molecular weight is 1180 g/mol. The number of guanidine groups is 1. The molecule has 0 radical (unpaired) electrons. The van der Waals surface area contributed by atoms with Crippen LogP contribution in [0, 0.1) is 11.8 Å². The maximum Gasteiger partial charge on any atom is 0.326 e. The van der Waals surface area contributed by atoms with Crippen LogP contribution in [0.5, 0.6) is 0 Å². The van der Waals surface area contributed by atoms with Crippen molar-refractivity contribution in [1.82, 2.24) is 56.6 Å². The Morgan fingerprint density at radius 2 is 1.30 bits per heavy atom. The number of nitrogens with zero attached hydrogens (tertiary/aromatic N) is 5. The zero-order chi connectivity index (χ0) is 61.8.